The molecule has 1 aliphatic carbocycles. The average Bonchev–Trinajstić information content (AvgIpc) is 2.39. The van der Waals surface area contributed by atoms with Crippen LogP contribution in [0.25, 0.3) is 0 Å². The van der Waals surface area contributed by atoms with E-state index in [1.54, 1.807) is 4.90 Å². The number of carbonyl (C=O) groups is 1. The molecule has 0 atom stereocenters. The summed E-state index contributed by atoms with van der Waals surface area (Å²) in [5.74, 6) is 1.05. The zero-order valence-electron chi connectivity index (χ0n) is 13.1. The van der Waals surface area contributed by atoms with Gasteiger partial charge in [-0.25, -0.2) is 0 Å². The van der Waals surface area contributed by atoms with Gasteiger partial charge in [0.2, 0.25) is 5.91 Å². The molecule has 0 aliphatic heterocycles. The first kappa shape index (κ1) is 16.4. The van der Waals surface area contributed by atoms with Crippen LogP contribution in [0, 0.1) is 5.92 Å². The van der Waals surface area contributed by atoms with Gasteiger partial charge in [0.1, 0.15) is 0 Å². The molecule has 0 heterocycles. The van der Waals surface area contributed by atoms with Crippen molar-refractivity contribution in [2.75, 3.05) is 34.2 Å². The summed E-state index contributed by atoms with van der Waals surface area (Å²) in [7, 11) is 5.80. The zero-order valence-corrected chi connectivity index (χ0v) is 13.1. The van der Waals surface area contributed by atoms with E-state index in [1.165, 1.54) is 25.7 Å². The Kier molecular flexibility index (Phi) is 6.27. The molecule has 0 bridgehead atoms. The summed E-state index contributed by atoms with van der Waals surface area (Å²) < 4.78 is 0. The number of rotatable bonds is 6. The van der Waals surface area contributed by atoms with Gasteiger partial charge in [-0.3, -0.25) is 9.69 Å². The van der Waals surface area contributed by atoms with E-state index in [1.807, 2.05) is 14.1 Å². The largest absolute Gasteiger partial charge is 0.349 e. The molecule has 1 rings (SSSR count). The smallest absolute Gasteiger partial charge is 0.222 e. The van der Waals surface area contributed by atoms with Crippen molar-refractivity contribution >= 4 is 5.91 Å². The molecule has 0 spiro atoms. The van der Waals surface area contributed by atoms with Crippen molar-refractivity contribution in [2.45, 2.75) is 51.0 Å². The summed E-state index contributed by atoms with van der Waals surface area (Å²) in [6.07, 6.45) is 6.50. The van der Waals surface area contributed by atoms with Gasteiger partial charge >= 0.3 is 0 Å². The van der Waals surface area contributed by atoms with Crippen LogP contribution in [-0.2, 0) is 4.79 Å². The molecule has 1 aliphatic rings. The number of hydrogen-bond donors (Lipinski definition) is 1. The Labute approximate surface area is 118 Å². The molecule has 4 nitrogen and oxygen atoms in total. The quantitative estimate of drug-likeness (QED) is 0.798. The predicted molar refractivity (Wildman–Crippen MR) is 80.0 cm³/mol. The van der Waals surface area contributed by atoms with Crippen LogP contribution in [0.15, 0.2) is 0 Å². The van der Waals surface area contributed by atoms with E-state index in [0.29, 0.717) is 6.42 Å². The van der Waals surface area contributed by atoms with Crippen molar-refractivity contribution in [3.8, 4) is 0 Å². The highest BCUT2D eigenvalue weighted by Gasteiger charge is 2.36. The summed E-state index contributed by atoms with van der Waals surface area (Å²) in [5, 5.41) is 0. The van der Waals surface area contributed by atoms with Crippen LogP contribution in [0.3, 0.4) is 0 Å². The number of likely N-dealkylation sites (N-methyl/N-ethyl adjacent to an activating group) is 1. The topological polar surface area (TPSA) is 49.6 Å². The SMILES string of the molecule is CC1CCC(CN)(N(C)CCCC(=O)N(C)C)CC1. The molecule has 1 amide bonds. The summed E-state index contributed by atoms with van der Waals surface area (Å²) in [4.78, 5) is 15.6. The number of nitrogens with zero attached hydrogens (tertiary/aromatic N) is 2. The Balaban J connectivity index is 2.42. The molecule has 112 valence electrons. The van der Waals surface area contributed by atoms with Crippen molar-refractivity contribution in [1.82, 2.24) is 9.80 Å². The number of carbonyl (C=O) groups excluding carboxylic acids is 1. The van der Waals surface area contributed by atoms with E-state index >= 15 is 0 Å². The van der Waals surface area contributed by atoms with E-state index in [9.17, 15) is 4.79 Å². The van der Waals surface area contributed by atoms with Crippen LogP contribution in [-0.4, -0.2) is 55.5 Å². The van der Waals surface area contributed by atoms with E-state index in [4.69, 9.17) is 5.73 Å². The summed E-state index contributed by atoms with van der Waals surface area (Å²) in [6.45, 7) is 4.03. The number of amides is 1. The molecule has 4 heteroatoms. The zero-order chi connectivity index (χ0) is 14.5. The molecule has 1 saturated carbocycles. The second kappa shape index (κ2) is 7.25. The highest BCUT2D eigenvalue weighted by Crippen LogP contribution is 2.35. The number of nitrogens with two attached hydrogens (primary N) is 1. The molecule has 0 unspecified atom stereocenters. The third-order valence-corrected chi connectivity index (χ3v) is 4.78. The lowest BCUT2D eigenvalue weighted by molar-refractivity contribution is -0.128. The van der Waals surface area contributed by atoms with E-state index in [-0.39, 0.29) is 11.4 Å². The fraction of sp³-hybridized carbons (Fsp3) is 0.933. The van der Waals surface area contributed by atoms with E-state index in [0.717, 1.165) is 25.4 Å². The maximum absolute atomic E-state index is 11.6. The molecular formula is C15H31N3O. The molecule has 1 fully saturated rings. The molecule has 2 N–H and O–H groups in total. The minimum Gasteiger partial charge on any atom is -0.349 e. The Bertz CT molecular complexity index is 283. The molecule has 0 saturated heterocycles. The lowest BCUT2D eigenvalue weighted by Gasteiger charge is -2.45. The van der Waals surface area contributed by atoms with Gasteiger partial charge in [-0.1, -0.05) is 6.92 Å². The highest BCUT2D eigenvalue weighted by molar-refractivity contribution is 5.75. The van der Waals surface area contributed by atoms with Crippen molar-refractivity contribution in [3.05, 3.63) is 0 Å². The highest BCUT2D eigenvalue weighted by atomic mass is 16.2. The van der Waals surface area contributed by atoms with Crippen LogP contribution >= 0.6 is 0 Å². The maximum atomic E-state index is 11.6. The van der Waals surface area contributed by atoms with E-state index < -0.39 is 0 Å². The monoisotopic (exact) mass is 269 g/mol. The second-order valence-electron chi connectivity index (χ2n) is 6.42. The van der Waals surface area contributed by atoms with Gasteiger partial charge in [0.05, 0.1) is 0 Å². The summed E-state index contributed by atoms with van der Waals surface area (Å²) >= 11 is 0. The van der Waals surface area contributed by atoms with Gasteiger partial charge in [-0.2, -0.15) is 0 Å². The Morgan fingerprint density at radius 2 is 1.84 bits per heavy atom. The Morgan fingerprint density at radius 3 is 2.32 bits per heavy atom. The Hall–Kier alpha value is -0.610. The molecule has 0 aromatic heterocycles. The lowest BCUT2D eigenvalue weighted by atomic mass is 9.76. The van der Waals surface area contributed by atoms with Crippen molar-refractivity contribution in [3.63, 3.8) is 0 Å². The number of hydrogen-bond acceptors (Lipinski definition) is 3. The lowest BCUT2D eigenvalue weighted by Crippen LogP contribution is -2.54. The van der Waals surface area contributed by atoms with Gasteiger partial charge in [0.25, 0.3) is 0 Å². The molecule has 19 heavy (non-hydrogen) atoms. The molecule has 0 radical (unpaired) electrons. The third kappa shape index (κ3) is 4.46. The van der Waals surface area contributed by atoms with Crippen LogP contribution in [0.5, 0.6) is 0 Å². The second-order valence-corrected chi connectivity index (χ2v) is 6.42. The predicted octanol–water partition coefficient (Wildman–Crippen LogP) is 1.69. The normalized spacial score (nSPS) is 27.6. The fourth-order valence-electron chi connectivity index (χ4n) is 2.97. The van der Waals surface area contributed by atoms with Gasteiger partial charge in [0, 0.05) is 32.6 Å². The van der Waals surface area contributed by atoms with Crippen molar-refractivity contribution < 1.29 is 4.79 Å². The van der Waals surface area contributed by atoms with Gasteiger partial charge in [-0.05, 0) is 51.6 Å². The van der Waals surface area contributed by atoms with Crippen molar-refractivity contribution in [1.29, 1.82) is 0 Å². The van der Waals surface area contributed by atoms with Gasteiger partial charge < -0.3 is 10.6 Å². The first-order chi connectivity index (χ1) is 8.91. The first-order valence-corrected chi connectivity index (χ1v) is 7.53. The van der Waals surface area contributed by atoms with E-state index in [2.05, 4.69) is 18.9 Å². The Morgan fingerprint density at radius 1 is 1.26 bits per heavy atom. The first-order valence-electron chi connectivity index (χ1n) is 7.53. The summed E-state index contributed by atoms with van der Waals surface area (Å²) in [6, 6.07) is 0. The average molecular weight is 269 g/mol. The molecular weight excluding hydrogens is 238 g/mol. The van der Waals surface area contributed by atoms with Crippen LogP contribution in [0.4, 0.5) is 0 Å². The van der Waals surface area contributed by atoms with Crippen molar-refractivity contribution in [2.24, 2.45) is 11.7 Å². The van der Waals surface area contributed by atoms with Gasteiger partial charge in [0.15, 0.2) is 0 Å². The third-order valence-electron chi connectivity index (χ3n) is 4.78. The minimum absolute atomic E-state index is 0.174. The standard InChI is InChI=1S/C15H31N3O/c1-13-7-9-15(12-16,10-8-13)18(4)11-5-6-14(19)17(2)3/h13H,5-12,16H2,1-4H3. The fourth-order valence-corrected chi connectivity index (χ4v) is 2.97. The van der Waals surface area contributed by atoms with Crippen LogP contribution < -0.4 is 5.73 Å². The van der Waals surface area contributed by atoms with Crippen LogP contribution in [0.1, 0.15) is 45.4 Å². The minimum atomic E-state index is 0.174. The van der Waals surface area contributed by atoms with Crippen LogP contribution in [0.2, 0.25) is 0 Å². The maximum Gasteiger partial charge on any atom is 0.222 e. The van der Waals surface area contributed by atoms with Gasteiger partial charge in [-0.15, -0.1) is 0 Å². The molecule has 0 aromatic rings. The summed E-state index contributed by atoms with van der Waals surface area (Å²) in [5.41, 5.74) is 6.22. The molecule has 0 aromatic carbocycles.